The minimum Gasteiger partial charge on any atom is -0.497 e. The lowest BCUT2D eigenvalue weighted by molar-refractivity contribution is -0.122. The van der Waals surface area contributed by atoms with Crippen LogP contribution in [-0.2, 0) is 4.79 Å². The van der Waals surface area contributed by atoms with Gasteiger partial charge in [0.15, 0.2) is 6.10 Å². The van der Waals surface area contributed by atoms with Gasteiger partial charge in [-0.2, -0.15) is 0 Å². The van der Waals surface area contributed by atoms with Gasteiger partial charge in [-0.3, -0.25) is 4.79 Å². The maximum Gasteiger partial charge on any atom is 0.265 e. The van der Waals surface area contributed by atoms with Crippen LogP contribution in [-0.4, -0.2) is 19.1 Å². The lowest BCUT2D eigenvalue weighted by Gasteiger charge is -2.17. The summed E-state index contributed by atoms with van der Waals surface area (Å²) in [5.41, 5.74) is 0.532. The van der Waals surface area contributed by atoms with Crippen LogP contribution in [0.4, 0.5) is 5.69 Å². The Morgan fingerprint density at radius 1 is 1.09 bits per heavy atom. The number of hydrogen-bond donors (Lipinski definition) is 1. The molecule has 1 N–H and O–H groups in total. The molecule has 1 amide bonds. The third kappa shape index (κ3) is 5.05. The highest BCUT2D eigenvalue weighted by atomic mass is 35.5. The van der Waals surface area contributed by atoms with Crippen molar-refractivity contribution in [1.82, 2.24) is 0 Å². The quantitative estimate of drug-likeness (QED) is 0.811. The molecule has 0 spiro atoms. The van der Waals surface area contributed by atoms with Gasteiger partial charge in [0.05, 0.1) is 7.11 Å². The van der Waals surface area contributed by atoms with Gasteiger partial charge in [-0.1, -0.05) is 30.1 Å². The van der Waals surface area contributed by atoms with Gasteiger partial charge in [0.2, 0.25) is 0 Å². The first-order valence-corrected chi connectivity index (χ1v) is 7.85. The zero-order chi connectivity index (χ0) is 16.8. The van der Waals surface area contributed by atoms with Crippen LogP contribution in [0.2, 0.25) is 10.0 Å². The summed E-state index contributed by atoms with van der Waals surface area (Å²) in [5, 5.41) is 3.67. The van der Waals surface area contributed by atoms with Gasteiger partial charge < -0.3 is 14.8 Å². The van der Waals surface area contributed by atoms with Crippen LogP contribution >= 0.6 is 23.2 Å². The highest BCUT2D eigenvalue weighted by Crippen LogP contribution is 2.23. The number of anilines is 1. The van der Waals surface area contributed by atoms with Crippen molar-refractivity contribution in [1.29, 1.82) is 0 Å². The molecule has 1 atom stereocenters. The number of rotatable bonds is 6. The fourth-order valence-electron chi connectivity index (χ4n) is 1.99. The minimum absolute atomic E-state index is 0.262. The second-order valence-corrected chi connectivity index (χ2v) is 5.71. The number of methoxy groups -OCH3 is 1. The Morgan fingerprint density at radius 3 is 2.17 bits per heavy atom. The predicted octanol–water partition coefficient (Wildman–Crippen LogP) is 4.80. The SMILES string of the molecule is CCC(Oc1ccc(OC)cc1)C(=O)Nc1cc(Cl)cc(Cl)c1. The summed E-state index contributed by atoms with van der Waals surface area (Å²) in [6.07, 6.45) is -0.104. The molecular weight excluding hydrogens is 337 g/mol. The van der Waals surface area contributed by atoms with Crippen LogP contribution in [0.1, 0.15) is 13.3 Å². The van der Waals surface area contributed by atoms with E-state index in [1.807, 2.05) is 6.92 Å². The molecule has 2 aromatic rings. The van der Waals surface area contributed by atoms with E-state index in [0.29, 0.717) is 27.9 Å². The zero-order valence-electron chi connectivity index (χ0n) is 12.8. The molecule has 4 nitrogen and oxygen atoms in total. The van der Waals surface area contributed by atoms with E-state index in [-0.39, 0.29) is 5.91 Å². The zero-order valence-corrected chi connectivity index (χ0v) is 14.3. The third-order valence-electron chi connectivity index (χ3n) is 3.13. The number of carbonyl (C=O) groups is 1. The minimum atomic E-state index is -0.624. The van der Waals surface area contributed by atoms with Gasteiger partial charge in [0.1, 0.15) is 11.5 Å². The number of hydrogen-bond acceptors (Lipinski definition) is 3. The lowest BCUT2D eigenvalue weighted by atomic mass is 10.2. The predicted molar refractivity (Wildman–Crippen MR) is 92.8 cm³/mol. The molecule has 1 unspecified atom stereocenters. The van der Waals surface area contributed by atoms with E-state index >= 15 is 0 Å². The van der Waals surface area contributed by atoms with E-state index in [4.69, 9.17) is 32.7 Å². The number of halogens is 2. The van der Waals surface area contributed by atoms with E-state index in [1.54, 1.807) is 49.6 Å². The summed E-state index contributed by atoms with van der Waals surface area (Å²) in [4.78, 5) is 12.3. The maximum atomic E-state index is 12.3. The molecule has 0 aliphatic rings. The molecule has 0 heterocycles. The first kappa shape index (κ1) is 17.4. The van der Waals surface area contributed by atoms with Crippen molar-refractivity contribution in [3.05, 3.63) is 52.5 Å². The second kappa shape index (κ2) is 8.09. The molecule has 0 fully saturated rings. The van der Waals surface area contributed by atoms with Crippen molar-refractivity contribution in [3.8, 4) is 11.5 Å². The standard InChI is InChI=1S/C17H17Cl2NO3/c1-3-16(23-15-6-4-14(22-2)5-7-15)17(21)20-13-9-11(18)8-12(19)10-13/h4-10,16H,3H2,1-2H3,(H,20,21). The molecule has 122 valence electrons. The van der Waals surface area contributed by atoms with Crippen molar-refractivity contribution >= 4 is 34.8 Å². The van der Waals surface area contributed by atoms with Crippen LogP contribution in [0.15, 0.2) is 42.5 Å². The molecule has 6 heteroatoms. The smallest absolute Gasteiger partial charge is 0.265 e. The van der Waals surface area contributed by atoms with Gasteiger partial charge in [0.25, 0.3) is 5.91 Å². The average Bonchev–Trinajstić information content (AvgIpc) is 2.52. The van der Waals surface area contributed by atoms with Crippen LogP contribution in [0.3, 0.4) is 0 Å². The topological polar surface area (TPSA) is 47.6 Å². The number of ether oxygens (including phenoxy) is 2. The maximum absolute atomic E-state index is 12.3. The van der Waals surface area contributed by atoms with Gasteiger partial charge in [-0.15, -0.1) is 0 Å². The lowest BCUT2D eigenvalue weighted by Crippen LogP contribution is -2.32. The molecular formula is C17H17Cl2NO3. The van der Waals surface area contributed by atoms with Gasteiger partial charge in [-0.25, -0.2) is 0 Å². The largest absolute Gasteiger partial charge is 0.497 e. The summed E-state index contributed by atoms with van der Waals surface area (Å²) >= 11 is 11.9. The monoisotopic (exact) mass is 353 g/mol. The van der Waals surface area contributed by atoms with E-state index in [1.165, 1.54) is 0 Å². The van der Waals surface area contributed by atoms with Gasteiger partial charge >= 0.3 is 0 Å². The summed E-state index contributed by atoms with van der Waals surface area (Å²) in [7, 11) is 1.59. The van der Waals surface area contributed by atoms with Gasteiger partial charge in [-0.05, 0) is 48.9 Å². The Hall–Kier alpha value is -1.91. The molecule has 0 radical (unpaired) electrons. The summed E-state index contributed by atoms with van der Waals surface area (Å²) < 4.78 is 10.8. The fraction of sp³-hybridized carbons (Fsp3) is 0.235. The number of carbonyl (C=O) groups excluding carboxylic acids is 1. The van der Waals surface area contributed by atoms with E-state index < -0.39 is 6.10 Å². The van der Waals surface area contributed by atoms with E-state index in [9.17, 15) is 4.79 Å². The van der Waals surface area contributed by atoms with E-state index in [0.717, 1.165) is 5.75 Å². The molecule has 0 saturated carbocycles. The van der Waals surface area contributed by atoms with E-state index in [2.05, 4.69) is 5.32 Å². The first-order chi connectivity index (χ1) is 11.0. The van der Waals surface area contributed by atoms with Crippen LogP contribution < -0.4 is 14.8 Å². The van der Waals surface area contributed by atoms with Gasteiger partial charge in [0, 0.05) is 15.7 Å². The van der Waals surface area contributed by atoms with Crippen molar-refractivity contribution < 1.29 is 14.3 Å². The molecule has 2 aromatic carbocycles. The highest BCUT2D eigenvalue weighted by molar-refractivity contribution is 6.35. The Morgan fingerprint density at radius 2 is 1.65 bits per heavy atom. The number of amides is 1. The van der Waals surface area contributed by atoms with Crippen LogP contribution in [0.5, 0.6) is 11.5 Å². The van der Waals surface area contributed by atoms with Crippen molar-refractivity contribution in [3.63, 3.8) is 0 Å². The Balaban J connectivity index is 2.05. The molecule has 2 rings (SSSR count). The normalized spacial score (nSPS) is 11.7. The molecule has 23 heavy (non-hydrogen) atoms. The van der Waals surface area contributed by atoms with Crippen LogP contribution in [0, 0.1) is 0 Å². The molecule has 0 saturated heterocycles. The number of nitrogens with one attached hydrogen (secondary N) is 1. The van der Waals surface area contributed by atoms with Crippen LogP contribution in [0.25, 0.3) is 0 Å². The Kier molecular flexibility index (Phi) is 6.13. The Labute approximate surface area is 145 Å². The third-order valence-corrected chi connectivity index (χ3v) is 3.57. The second-order valence-electron chi connectivity index (χ2n) is 4.84. The summed E-state index contributed by atoms with van der Waals surface area (Å²) in [6.45, 7) is 1.87. The first-order valence-electron chi connectivity index (χ1n) is 7.09. The van der Waals surface area contributed by atoms with Crippen molar-refractivity contribution in [2.45, 2.75) is 19.4 Å². The summed E-state index contributed by atoms with van der Waals surface area (Å²) in [6, 6.07) is 11.9. The molecule has 0 bridgehead atoms. The summed E-state index contributed by atoms with van der Waals surface area (Å²) in [5.74, 6) is 1.06. The molecule has 0 aromatic heterocycles. The highest BCUT2D eigenvalue weighted by Gasteiger charge is 2.19. The average molecular weight is 354 g/mol. The molecule has 0 aliphatic heterocycles. The van der Waals surface area contributed by atoms with Crippen molar-refractivity contribution in [2.24, 2.45) is 0 Å². The number of benzene rings is 2. The molecule has 0 aliphatic carbocycles. The Bertz CT molecular complexity index is 654. The van der Waals surface area contributed by atoms with Crippen molar-refractivity contribution in [2.75, 3.05) is 12.4 Å². The fourth-order valence-corrected chi connectivity index (χ4v) is 2.52.